The van der Waals surface area contributed by atoms with E-state index in [1.807, 2.05) is 13.2 Å². The zero-order valence-corrected chi connectivity index (χ0v) is 16.6. The van der Waals surface area contributed by atoms with Gasteiger partial charge < -0.3 is 14.6 Å². The van der Waals surface area contributed by atoms with Gasteiger partial charge in [-0.25, -0.2) is 0 Å². The van der Waals surface area contributed by atoms with Gasteiger partial charge in [0.1, 0.15) is 5.75 Å². The van der Waals surface area contributed by atoms with E-state index in [9.17, 15) is 18.0 Å². The van der Waals surface area contributed by atoms with E-state index in [1.54, 1.807) is 13.0 Å². The molecule has 0 aliphatic heterocycles. The Hall–Kier alpha value is -3.03. The van der Waals surface area contributed by atoms with Crippen LogP contribution in [-0.2, 0) is 11.8 Å². The number of hydrogen-bond donors (Lipinski definition) is 1. The van der Waals surface area contributed by atoms with E-state index in [0.29, 0.717) is 5.69 Å². The molecule has 5 nitrogen and oxygen atoms in total. The molecule has 0 bridgehead atoms. The predicted octanol–water partition coefficient (Wildman–Crippen LogP) is 4.50. The van der Waals surface area contributed by atoms with Gasteiger partial charge in [0.05, 0.1) is 17.9 Å². The highest BCUT2D eigenvalue weighted by molar-refractivity contribution is 5.85. The molecule has 1 aliphatic carbocycles. The predicted molar refractivity (Wildman–Crippen MR) is 106 cm³/mol. The number of nitrogens with zero attached hydrogens (tertiary/aromatic N) is 2. The van der Waals surface area contributed by atoms with E-state index >= 15 is 0 Å². The number of pyridine rings is 1. The smallest absolute Gasteiger partial charge is 0.422 e. The molecule has 1 saturated carbocycles. The summed E-state index contributed by atoms with van der Waals surface area (Å²) in [5, 5.41) is 4.12. The molecule has 158 valence electrons. The maximum atomic E-state index is 12.6. The van der Waals surface area contributed by atoms with E-state index in [0.717, 1.165) is 17.5 Å². The number of alkyl halides is 3. The summed E-state index contributed by atoms with van der Waals surface area (Å²) in [5.74, 6) is 0.105. The van der Waals surface area contributed by atoms with E-state index in [-0.39, 0.29) is 29.5 Å². The van der Waals surface area contributed by atoms with Crippen LogP contribution in [0.5, 0.6) is 5.75 Å². The van der Waals surface area contributed by atoms with Gasteiger partial charge in [-0.3, -0.25) is 9.78 Å². The third-order valence-electron chi connectivity index (χ3n) is 5.43. The van der Waals surface area contributed by atoms with Gasteiger partial charge >= 0.3 is 6.18 Å². The van der Waals surface area contributed by atoms with Crippen molar-refractivity contribution in [2.45, 2.75) is 31.5 Å². The van der Waals surface area contributed by atoms with Crippen LogP contribution in [0.2, 0.25) is 0 Å². The van der Waals surface area contributed by atoms with Gasteiger partial charge in [-0.1, -0.05) is 12.1 Å². The summed E-state index contributed by atoms with van der Waals surface area (Å²) in [6, 6.07) is 11.0. The lowest BCUT2D eigenvalue weighted by Crippen LogP contribution is -2.29. The average molecular weight is 417 g/mol. The third-order valence-corrected chi connectivity index (χ3v) is 5.43. The minimum absolute atomic E-state index is 0.0351. The Bertz CT molecular complexity index is 1060. The molecule has 0 radical (unpaired) electrons. The van der Waals surface area contributed by atoms with Crippen molar-refractivity contribution in [2.24, 2.45) is 13.0 Å². The Morgan fingerprint density at radius 1 is 1.30 bits per heavy atom. The van der Waals surface area contributed by atoms with Crippen molar-refractivity contribution in [3.63, 3.8) is 0 Å². The molecule has 1 amide bonds. The SMILES string of the molecule is C[C@@H](NC(=O)C1CC1c1ccc2ccn(C)c2c1)c1ccc(OCC(F)(F)F)cn1. The molecule has 3 aromatic rings. The van der Waals surface area contributed by atoms with Crippen molar-refractivity contribution in [1.82, 2.24) is 14.9 Å². The van der Waals surface area contributed by atoms with Crippen LogP contribution in [0.3, 0.4) is 0 Å². The molecule has 0 saturated heterocycles. The molecule has 8 heteroatoms. The third kappa shape index (κ3) is 4.42. The number of aromatic nitrogens is 2. The summed E-state index contributed by atoms with van der Waals surface area (Å²) in [7, 11) is 2.00. The van der Waals surface area contributed by atoms with Crippen LogP contribution in [0.15, 0.2) is 48.8 Å². The molecule has 2 aromatic heterocycles. The second kappa shape index (κ2) is 7.66. The van der Waals surface area contributed by atoms with Crippen molar-refractivity contribution in [2.75, 3.05) is 6.61 Å². The maximum absolute atomic E-state index is 12.6. The summed E-state index contributed by atoms with van der Waals surface area (Å²) in [6.45, 7) is 0.432. The van der Waals surface area contributed by atoms with E-state index in [4.69, 9.17) is 0 Å². The first-order chi connectivity index (χ1) is 14.2. The topological polar surface area (TPSA) is 56.2 Å². The normalized spacial score (nSPS) is 19.5. The fourth-order valence-corrected chi connectivity index (χ4v) is 3.66. The maximum Gasteiger partial charge on any atom is 0.422 e. The largest absolute Gasteiger partial charge is 0.483 e. The van der Waals surface area contributed by atoms with E-state index < -0.39 is 12.8 Å². The summed E-state index contributed by atoms with van der Waals surface area (Å²) in [5.41, 5.74) is 2.86. The lowest BCUT2D eigenvalue weighted by atomic mass is 10.1. The average Bonchev–Trinajstić information content (AvgIpc) is 3.43. The van der Waals surface area contributed by atoms with Gasteiger partial charge in [-0.05, 0) is 54.5 Å². The second-order valence-electron chi connectivity index (χ2n) is 7.75. The summed E-state index contributed by atoms with van der Waals surface area (Å²) >= 11 is 0. The summed E-state index contributed by atoms with van der Waals surface area (Å²) in [4.78, 5) is 16.8. The summed E-state index contributed by atoms with van der Waals surface area (Å²) in [6.07, 6.45) is -0.351. The van der Waals surface area contributed by atoms with Crippen LogP contribution in [0.1, 0.15) is 36.6 Å². The highest BCUT2D eigenvalue weighted by Gasteiger charge is 2.44. The first kappa shape index (κ1) is 20.3. The first-order valence-electron chi connectivity index (χ1n) is 9.72. The molecule has 1 N–H and O–H groups in total. The monoisotopic (exact) mass is 417 g/mol. The van der Waals surface area contributed by atoms with Gasteiger partial charge in [-0.15, -0.1) is 0 Å². The Balaban J connectivity index is 1.34. The molecule has 0 spiro atoms. The summed E-state index contributed by atoms with van der Waals surface area (Å²) < 4.78 is 43.4. The van der Waals surface area contributed by atoms with Crippen LogP contribution in [0, 0.1) is 5.92 Å². The number of benzene rings is 1. The molecule has 1 aliphatic rings. The molecule has 2 heterocycles. The van der Waals surface area contributed by atoms with Gasteiger partial charge in [0.2, 0.25) is 5.91 Å². The van der Waals surface area contributed by atoms with Gasteiger partial charge in [-0.2, -0.15) is 13.2 Å². The van der Waals surface area contributed by atoms with Gasteiger partial charge in [0.15, 0.2) is 6.61 Å². The molecule has 3 atom stereocenters. The van der Waals surface area contributed by atoms with Crippen molar-refractivity contribution >= 4 is 16.8 Å². The van der Waals surface area contributed by atoms with Crippen LogP contribution >= 0.6 is 0 Å². The Morgan fingerprint density at radius 3 is 2.80 bits per heavy atom. The number of aryl methyl sites for hydroxylation is 1. The molecule has 1 fully saturated rings. The standard InChI is InChI=1S/C22H22F3N3O2/c1-13(19-6-5-16(11-26-19)30-12-22(23,24)25)27-21(29)18-10-17(18)15-4-3-14-7-8-28(2)20(14)9-15/h3-9,11,13,17-18H,10,12H2,1-2H3,(H,27,29)/t13-,17?,18?/m1/s1. The van der Waals surface area contributed by atoms with Crippen molar-refractivity contribution in [1.29, 1.82) is 0 Å². The number of hydrogen-bond acceptors (Lipinski definition) is 3. The number of fused-ring (bicyclic) bond motifs is 1. The quantitative estimate of drug-likeness (QED) is 0.643. The minimum Gasteiger partial charge on any atom is -0.483 e. The Labute approximate surface area is 171 Å². The van der Waals surface area contributed by atoms with Gasteiger partial charge in [0.25, 0.3) is 0 Å². The molecular formula is C22H22F3N3O2. The Morgan fingerprint density at radius 2 is 2.10 bits per heavy atom. The zero-order chi connectivity index (χ0) is 21.5. The van der Waals surface area contributed by atoms with Crippen molar-refractivity contribution < 1.29 is 22.7 Å². The molecule has 1 aromatic carbocycles. The second-order valence-corrected chi connectivity index (χ2v) is 7.75. The molecule has 2 unspecified atom stereocenters. The van der Waals surface area contributed by atoms with E-state index in [2.05, 4.69) is 43.9 Å². The lowest BCUT2D eigenvalue weighted by Gasteiger charge is -2.14. The molecule has 30 heavy (non-hydrogen) atoms. The van der Waals surface area contributed by atoms with Crippen molar-refractivity contribution in [3.05, 3.63) is 60.0 Å². The van der Waals surface area contributed by atoms with Crippen molar-refractivity contribution in [3.8, 4) is 5.75 Å². The lowest BCUT2D eigenvalue weighted by molar-refractivity contribution is -0.153. The minimum atomic E-state index is -4.40. The van der Waals surface area contributed by atoms with Crippen LogP contribution < -0.4 is 10.1 Å². The molecule has 4 rings (SSSR count). The number of halogens is 3. The highest BCUT2D eigenvalue weighted by Crippen LogP contribution is 2.48. The number of amides is 1. The highest BCUT2D eigenvalue weighted by atomic mass is 19.4. The number of ether oxygens (including phenoxy) is 1. The van der Waals surface area contributed by atoms with Crippen LogP contribution in [0.25, 0.3) is 10.9 Å². The number of rotatable bonds is 6. The van der Waals surface area contributed by atoms with Crippen LogP contribution in [-0.4, -0.2) is 28.2 Å². The number of carbonyl (C=O) groups excluding carboxylic acids is 1. The number of carbonyl (C=O) groups is 1. The fourth-order valence-electron chi connectivity index (χ4n) is 3.66. The van der Waals surface area contributed by atoms with E-state index in [1.165, 1.54) is 17.6 Å². The first-order valence-corrected chi connectivity index (χ1v) is 9.72. The molecular weight excluding hydrogens is 395 g/mol. The zero-order valence-electron chi connectivity index (χ0n) is 16.6. The number of nitrogens with one attached hydrogen (secondary N) is 1. The van der Waals surface area contributed by atoms with Crippen LogP contribution in [0.4, 0.5) is 13.2 Å². The Kier molecular flexibility index (Phi) is 5.17. The van der Waals surface area contributed by atoms with Gasteiger partial charge in [0, 0.05) is 24.7 Å². The fraction of sp³-hybridized carbons (Fsp3) is 0.364.